The topological polar surface area (TPSA) is 96.1 Å². The van der Waals surface area contributed by atoms with Crippen LogP contribution in [-0.4, -0.2) is 33.6 Å². The van der Waals surface area contributed by atoms with E-state index in [4.69, 9.17) is 4.74 Å². The number of rotatable bonds is 3. The maximum atomic E-state index is 12.7. The number of halogens is 3. The molecule has 4 rings (SSSR count). The van der Waals surface area contributed by atoms with Gasteiger partial charge in [0.05, 0.1) is 16.6 Å². The molecule has 1 aliphatic rings. The Hall–Kier alpha value is -3.56. The Bertz CT molecular complexity index is 1230. The lowest BCUT2D eigenvalue weighted by Gasteiger charge is -2.25. The number of imidazole rings is 1. The average Bonchev–Trinajstić information content (AvgIpc) is 3.22. The fraction of sp³-hybridized carbons (Fsp3) is 0.444. The summed E-state index contributed by atoms with van der Waals surface area (Å²) >= 11 is 0. The van der Waals surface area contributed by atoms with Gasteiger partial charge in [0, 0.05) is 11.6 Å². The minimum absolute atomic E-state index is 0.0861. The van der Waals surface area contributed by atoms with Crippen LogP contribution in [0.25, 0.3) is 11.0 Å². The summed E-state index contributed by atoms with van der Waals surface area (Å²) in [6.07, 6.45) is 1.17. The smallest absolute Gasteiger partial charge is 0.416 e. The SMILES string of the molecule is CC(C)(C)OC(=O)NC1CCCCC1.Cc1cccc2[nH]c(NC(=O)c3cccc(C(F)(F)F)c3)nc12. The largest absolute Gasteiger partial charge is 0.444 e. The molecule has 3 N–H and O–H groups in total. The van der Waals surface area contributed by atoms with Crippen molar-refractivity contribution in [1.82, 2.24) is 15.3 Å². The minimum atomic E-state index is -4.49. The third-order valence-electron chi connectivity index (χ3n) is 5.72. The molecule has 10 heteroatoms. The van der Waals surface area contributed by atoms with Crippen LogP contribution >= 0.6 is 0 Å². The number of aromatic amines is 1. The van der Waals surface area contributed by atoms with Crippen molar-refractivity contribution >= 4 is 29.0 Å². The highest BCUT2D eigenvalue weighted by Gasteiger charge is 2.31. The monoisotopic (exact) mass is 518 g/mol. The number of aromatic nitrogens is 2. The Kier molecular flexibility index (Phi) is 8.83. The number of carbonyl (C=O) groups is 2. The molecule has 1 heterocycles. The first-order chi connectivity index (χ1) is 17.3. The minimum Gasteiger partial charge on any atom is -0.444 e. The number of alkyl carbamates (subject to hydrolysis) is 1. The van der Waals surface area contributed by atoms with Gasteiger partial charge >= 0.3 is 12.3 Å². The molecule has 0 radical (unpaired) electrons. The highest BCUT2D eigenvalue weighted by molar-refractivity contribution is 6.04. The zero-order chi connectivity index (χ0) is 27.2. The highest BCUT2D eigenvalue weighted by atomic mass is 19.4. The van der Waals surface area contributed by atoms with Gasteiger partial charge in [-0.05, 0) is 70.4 Å². The van der Waals surface area contributed by atoms with E-state index in [1.165, 1.54) is 31.4 Å². The number of para-hydroxylation sites is 1. The molecule has 0 atom stereocenters. The number of benzene rings is 2. The first-order valence-corrected chi connectivity index (χ1v) is 12.3. The quantitative estimate of drug-likeness (QED) is 0.348. The standard InChI is InChI=1S/C16H12F3N3O.C11H21NO2/c1-9-4-2-7-12-13(9)21-15(20-12)22-14(23)10-5-3-6-11(8-10)16(17,18)19;1-11(2,3)14-10(13)12-9-7-5-4-6-8-9/h2-8H,1H3,(H2,20,21,22,23);9H,4-8H2,1-3H3,(H,12,13). The van der Waals surface area contributed by atoms with Gasteiger partial charge in [-0.25, -0.2) is 9.78 Å². The van der Waals surface area contributed by atoms with Gasteiger partial charge in [-0.2, -0.15) is 13.2 Å². The molecule has 0 bridgehead atoms. The van der Waals surface area contributed by atoms with Crippen molar-refractivity contribution in [2.75, 3.05) is 5.32 Å². The van der Waals surface area contributed by atoms with Crippen LogP contribution in [-0.2, 0) is 10.9 Å². The van der Waals surface area contributed by atoms with Crippen LogP contribution in [0.3, 0.4) is 0 Å². The number of fused-ring (bicyclic) bond motifs is 1. The number of hydrogen-bond acceptors (Lipinski definition) is 4. The average molecular weight is 519 g/mol. The Morgan fingerprint density at radius 2 is 1.70 bits per heavy atom. The molecule has 0 aliphatic heterocycles. The van der Waals surface area contributed by atoms with Gasteiger partial charge in [0.15, 0.2) is 0 Å². The zero-order valence-corrected chi connectivity index (χ0v) is 21.5. The van der Waals surface area contributed by atoms with Gasteiger partial charge in [0.2, 0.25) is 5.95 Å². The van der Waals surface area contributed by atoms with Crippen LogP contribution in [0.4, 0.5) is 23.9 Å². The normalized spacial score (nSPS) is 14.5. The first kappa shape index (κ1) is 28.0. The molecule has 1 fully saturated rings. The van der Waals surface area contributed by atoms with E-state index in [0.29, 0.717) is 11.6 Å². The van der Waals surface area contributed by atoms with Gasteiger partial charge in [0.1, 0.15) is 5.60 Å². The molecule has 0 unspecified atom stereocenters. The highest BCUT2D eigenvalue weighted by Crippen LogP contribution is 2.29. The van der Waals surface area contributed by atoms with Gasteiger partial charge in [0.25, 0.3) is 5.91 Å². The number of anilines is 1. The molecule has 3 aromatic rings. The molecular weight excluding hydrogens is 485 g/mol. The Labute approximate surface area is 214 Å². The lowest BCUT2D eigenvalue weighted by Crippen LogP contribution is -2.39. The maximum Gasteiger partial charge on any atom is 0.416 e. The van der Waals surface area contributed by atoms with Crippen molar-refractivity contribution in [1.29, 1.82) is 0 Å². The van der Waals surface area contributed by atoms with Gasteiger partial charge < -0.3 is 15.0 Å². The molecule has 2 amide bonds. The number of hydrogen-bond donors (Lipinski definition) is 3. The van der Waals surface area contributed by atoms with E-state index in [1.807, 2.05) is 39.8 Å². The van der Waals surface area contributed by atoms with E-state index in [1.54, 1.807) is 6.07 Å². The van der Waals surface area contributed by atoms with Crippen LogP contribution in [0.15, 0.2) is 42.5 Å². The van der Waals surface area contributed by atoms with E-state index in [9.17, 15) is 22.8 Å². The van der Waals surface area contributed by atoms with Crippen molar-refractivity contribution in [2.24, 2.45) is 0 Å². The van der Waals surface area contributed by atoms with E-state index in [2.05, 4.69) is 20.6 Å². The van der Waals surface area contributed by atoms with E-state index >= 15 is 0 Å². The molecular formula is C27H33F3N4O3. The number of nitrogens with one attached hydrogen (secondary N) is 3. The maximum absolute atomic E-state index is 12.7. The molecule has 2 aromatic carbocycles. The number of nitrogens with zero attached hydrogens (tertiary/aromatic N) is 1. The fourth-order valence-electron chi connectivity index (χ4n) is 3.97. The van der Waals surface area contributed by atoms with Gasteiger partial charge in [-0.15, -0.1) is 0 Å². The summed E-state index contributed by atoms with van der Waals surface area (Å²) in [5.41, 5.74) is 1.02. The summed E-state index contributed by atoms with van der Waals surface area (Å²) in [7, 11) is 0. The van der Waals surface area contributed by atoms with Crippen molar-refractivity contribution in [3.63, 3.8) is 0 Å². The molecule has 37 heavy (non-hydrogen) atoms. The van der Waals surface area contributed by atoms with Gasteiger partial charge in [-0.1, -0.05) is 37.5 Å². The lowest BCUT2D eigenvalue weighted by atomic mass is 9.96. The predicted octanol–water partition coefficient (Wildman–Crippen LogP) is 6.99. The molecule has 7 nitrogen and oxygen atoms in total. The molecule has 0 saturated heterocycles. The van der Waals surface area contributed by atoms with Crippen molar-refractivity contribution in [2.45, 2.75) is 77.6 Å². The summed E-state index contributed by atoms with van der Waals surface area (Å²) in [6.45, 7) is 7.52. The van der Waals surface area contributed by atoms with Crippen LogP contribution in [0, 0.1) is 6.92 Å². The van der Waals surface area contributed by atoms with Crippen molar-refractivity contribution < 1.29 is 27.5 Å². The number of ether oxygens (including phenoxy) is 1. The fourth-order valence-corrected chi connectivity index (χ4v) is 3.97. The van der Waals surface area contributed by atoms with Crippen molar-refractivity contribution in [3.05, 3.63) is 59.2 Å². The van der Waals surface area contributed by atoms with Gasteiger partial charge in [-0.3, -0.25) is 10.1 Å². The van der Waals surface area contributed by atoms with Crippen LogP contribution in [0.1, 0.15) is 74.4 Å². The molecule has 1 aromatic heterocycles. The third-order valence-corrected chi connectivity index (χ3v) is 5.72. The second kappa shape index (κ2) is 11.7. The number of aryl methyl sites for hydroxylation is 1. The Morgan fingerprint density at radius 3 is 2.32 bits per heavy atom. The third kappa shape index (κ3) is 8.51. The summed E-state index contributed by atoms with van der Waals surface area (Å²) in [6, 6.07) is 10.1. The Morgan fingerprint density at radius 1 is 1.03 bits per heavy atom. The van der Waals surface area contributed by atoms with Crippen molar-refractivity contribution in [3.8, 4) is 0 Å². The van der Waals surface area contributed by atoms with Crippen LogP contribution < -0.4 is 10.6 Å². The lowest BCUT2D eigenvalue weighted by molar-refractivity contribution is -0.137. The summed E-state index contributed by atoms with van der Waals surface area (Å²) in [4.78, 5) is 30.7. The van der Waals surface area contributed by atoms with Crippen LogP contribution in [0.2, 0.25) is 0 Å². The summed E-state index contributed by atoms with van der Waals surface area (Å²) in [5.74, 6) is -0.468. The zero-order valence-electron chi connectivity index (χ0n) is 21.5. The predicted molar refractivity (Wildman–Crippen MR) is 136 cm³/mol. The summed E-state index contributed by atoms with van der Waals surface area (Å²) in [5, 5.41) is 5.39. The number of carbonyl (C=O) groups excluding carboxylic acids is 2. The number of amides is 2. The molecule has 1 saturated carbocycles. The molecule has 0 spiro atoms. The number of H-pyrrole nitrogens is 1. The first-order valence-electron chi connectivity index (χ1n) is 12.3. The van der Waals surface area contributed by atoms with E-state index in [-0.39, 0.29) is 17.6 Å². The molecule has 200 valence electrons. The Balaban J connectivity index is 0.000000233. The number of alkyl halides is 3. The second-order valence-corrected chi connectivity index (χ2v) is 10.1. The van der Waals surface area contributed by atoms with E-state index < -0.39 is 23.2 Å². The van der Waals surface area contributed by atoms with E-state index in [0.717, 1.165) is 36.1 Å². The molecule has 1 aliphatic carbocycles. The van der Waals surface area contributed by atoms with Crippen LogP contribution in [0.5, 0.6) is 0 Å². The summed E-state index contributed by atoms with van der Waals surface area (Å²) < 4.78 is 43.3. The second-order valence-electron chi connectivity index (χ2n) is 10.1.